The third-order valence-electron chi connectivity index (χ3n) is 1.49. The van der Waals surface area contributed by atoms with Crippen molar-refractivity contribution in [3.8, 4) is 0 Å². The minimum atomic E-state index is -4.30. The van der Waals surface area contributed by atoms with Crippen molar-refractivity contribution < 1.29 is 13.3 Å². The average Bonchev–Trinajstić information content (AvgIpc) is 1.85. The lowest BCUT2D eigenvalue weighted by molar-refractivity contribution is 0.341. The van der Waals surface area contributed by atoms with Crippen LogP contribution in [0.4, 0.5) is 4.20 Å². The van der Waals surface area contributed by atoms with E-state index < -0.39 is 7.83 Å². The van der Waals surface area contributed by atoms with Gasteiger partial charge in [-0.3, -0.25) is 0 Å². The van der Waals surface area contributed by atoms with Gasteiger partial charge in [0.25, 0.3) is 0 Å². The summed E-state index contributed by atoms with van der Waals surface area (Å²) < 4.78 is 27.0. The Morgan fingerprint density at radius 3 is 2.82 bits per heavy atom. The Bertz CT molecular complexity index is 211. The summed E-state index contributed by atoms with van der Waals surface area (Å²) >= 11 is 0. The van der Waals surface area contributed by atoms with E-state index in [1.54, 1.807) is 6.08 Å². The van der Waals surface area contributed by atoms with Crippen LogP contribution in [0.3, 0.4) is 0 Å². The van der Waals surface area contributed by atoms with Crippen LogP contribution in [-0.4, -0.2) is 0 Å². The molecule has 1 atom stereocenters. The van der Waals surface area contributed by atoms with Gasteiger partial charge in [-0.05, 0) is 25.3 Å². The number of halogens is 1. The second-order valence-corrected chi connectivity index (χ2v) is 3.75. The van der Waals surface area contributed by atoms with Crippen molar-refractivity contribution in [1.29, 1.82) is 0 Å². The van der Waals surface area contributed by atoms with Gasteiger partial charge in [-0.1, -0.05) is 0 Å². The molecule has 1 rings (SSSR count). The summed E-state index contributed by atoms with van der Waals surface area (Å²) in [7, 11) is -4.30. The maximum absolute atomic E-state index is 12.2. The zero-order chi connectivity index (χ0) is 8.32. The van der Waals surface area contributed by atoms with E-state index >= 15 is 0 Å². The molecular formula is C6H11FNO2P. The van der Waals surface area contributed by atoms with Gasteiger partial charge in [0.05, 0.1) is 0 Å². The van der Waals surface area contributed by atoms with Gasteiger partial charge in [-0.25, -0.2) is 10.1 Å². The first-order valence-electron chi connectivity index (χ1n) is 3.55. The van der Waals surface area contributed by atoms with Crippen LogP contribution >= 0.6 is 7.83 Å². The topological polar surface area (TPSA) is 52.3 Å². The van der Waals surface area contributed by atoms with Crippen molar-refractivity contribution in [2.75, 3.05) is 0 Å². The first-order chi connectivity index (χ1) is 5.08. The van der Waals surface area contributed by atoms with E-state index in [2.05, 4.69) is 10.0 Å². The van der Waals surface area contributed by atoms with E-state index in [9.17, 15) is 8.76 Å². The molecule has 1 aliphatic carbocycles. The van der Waals surface area contributed by atoms with E-state index in [0.717, 1.165) is 19.3 Å². The molecule has 1 unspecified atom stereocenters. The van der Waals surface area contributed by atoms with Gasteiger partial charge in [0.1, 0.15) is 5.76 Å². The van der Waals surface area contributed by atoms with Crippen LogP contribution in [0.5, 0.6) is 0 Å². The summed E-state index contributed by atoms with van der Waals surface area (Å²) in [5.41, 5.74) is 4.59. The maximum Gasteiger partial charge on any atom is 0.493 e. The van der Waals surface area contributed by atoms with Gasteiger partial charge in [0.15, 0.2) is 0 Å². The molecule has 0 fully saturated rings. The summed E-state index contributed by atoms with van der Waals surface area (Å²) in [5.74, 6) is 0.435. The smallest absolute Gasteiger partial charge is 0.415 e. The molecule has 0 heterocycles. The van der Waals surface area contributed by atoms with Crippen LogP contribution in [0.25, 0.3) is 0 Å². The quantitative estimate of drug-likeness (QED) is 0.662. The van der Waals surface area contributed by atoms with Crippen LogP contribution in [0.1, 0.15) is 25.7 Å². The van der Waals surface area contributed by atoms with Crippen molar-refractivity contribution in [1.82, 2.24) is 0 Å². The summed E-state index contributed by atoms with van der Waals surface area (Å²) in [6.45, 7) is 0. The van der Waals surface area contributed by atoms with Gasteiger partial charge >= 0.3 is 7.83 Å². The van der Waals surface area contributed by atoms with E-state index in [0.29, 0.717) is 12.2 Å². The molecule has 0 aliphatic heterocycles. The summed E-state index contributed by atoms with van der Waals surface area (Å²) in [5, 5.41) is 0. The maximum atomic E-state index is 12.2. The predicted molar refractivity (Wildman–Crippen MR) is 40.5 cm³/mol. The zero-order valence-electron chi connectivity index (χ0n) is 6.12. The van der Waals surface area contributed by atoms with Crippen molar-refractivity contribution in [2.45, 2.75) is 25.7 Å². The zero-order valence-corrected chi connectivity index (χ0v) is 7.02. The fraction of sp³-hybridized carbons (Fsp3) is 0.667. The number of hydrogen-bond donors (Lipinski definition) is 1. The van der Waals surface area contributed by atoms with Gasteiger partial charge < -0.3 is 4.52 Å². The van der Waals surface area contributed by atoms with Crippen molar-refractivity contribution in [2.24, 2.45) is 5.50 Å². The van der Waals surface area contributed by atoms with E-state index in [4.69, 9.17) is 0 Å². The molecule has 0 saturated carbocycles. The number of allylic oxidation sites excluding steroid dienone is 2. The third-order valence-corrected chi connectivity index (χ3v) is 1.97. The van der Waals surface area contributed by atoms with Gasteiger partial charge in [-0.2, -0.15) is 0 Å². The molecule has 0 aromatic carbocycles. The Hall–Kier alpha value is -0.340. The second-order valence-electron chi connectivity index (χ2n) is 2.53. The average molecular weight is 179 g/mol. The van der Waals surface area contributed by atoms with Crippen LogP contribution in [-0.2, 0) is 9.09 Å². The summed E-state index contributed by atoms with van der Waals surface area (Å²) in [6, 6.07) is 0. The predicted octanol–water partition coefficient (Wildman–Crippen LogP) is 2.50. The Morgan fingerprint density at radius 1 is 1.64 bits per heavy atom. The van der Waals surface area contributed by atoms with Crippen molar-refractivity contribution in [3.05, 3.63) is 11.8 Å². The minimum absolute atomic E-state index is 0.435. The van der Waals surface area contributed by atoms with Gasteiger partial charge in [0, 0.05) is 6.42 Å². The fourth-order valence-electron chi connectivity index (χ4n) is 1.05. The second kappa shape index (κ2) is 3.37. The molecule has 3 nitrogen and oxygen atoms in total. The van der Waals surface area contributed by atoms with E-state index in [1.807, 2.05) is 0 Å². The molecular weight excluding hydrogens is 168 g/mol. The van der Waals surface area contributed by atoms with Crippen LogP contribution in [0.2, 0.25) is 0 Å². The lowest BCUT2D eigenvalue weighted by Crippen LogP contribution is -1.98. The number of hydrogen-bond acceptors (Lipinski definition) is 2. The first-order valence-corrected chi connectivity index (χ1v) is 5.13. The lowest BCUT2D eigenvalue weighted by Gasteiger charge is -2.13. The Balaban J connectivity index is 2.48. The third kappa shape index (κ3) is 3.54. The highest BCUT2D eigenvalue weighted by molar-refractivity contribution is 7.50. The highest BCUT2D eigenvalue weighted by Crippen LogP contribution is 2.43. The highest BCUT2D eigenvalue weighted by Gasteiger charge is 2.18. The molecule has 0 aromatic heterocycles. The minimum Gasteiger partial charge on any atom is -0.415 e. The van der Waals surface area contributed by atoms with E-state index in [-0.39, 0.29) is 0 Å². The van der Waals surface area contributed by atoms with Crippen LogP contribution in [0.15, 0.2) is 11.8 Å². The summed E-state index contributed by atoms with van der Waals surface area (Å²) in [6.07, 6.45) is 5.27. The molecule has 11 heavy (non-hydrogen) atoms. The summed E-state index contributed by atoms with van der Waals surface area (Å²) in [4.78, 5) is 0. The SMILES string of the molecule is NP(=O)(F)OC1=CCCCC1. The lowest BCUT2D eigenvalue weighted by atomic mass is 10.1. The van der Waals surface area contributed by atoms with Gasteiger partial charge in [0.2, 0.25) is 0 Å². The van der Waals surface area contributed by atoms with Crippen LogP contribution < -0.4 is 5.50 Å². The first kappa shape index (κ1) is 8.75. The number of nitrogens with two attached hydrogens (primary N) is 1. The molecule has 0 amide bonds. The molecule has 0 radical (unpaired) electrons. The molecule has 64 valence electrons. The molecule has 0 saturated heterocycles. The number of rotatable bonds is 2. The van der Waals surface area contributed by atoms with Gasteiger partial charge in [-0.15, -0.1) is 4.20 Å². The van der Waals surface area contributed by atoms with Crippen molar-refractivity contribution >= 4 is 7.83 Å². The van der Waals surface area contributed by atoms with Crippen LogP contribution in [0, 0.1) is 0 Å². The largest absolute Gasteiger partial charge is 0.493 e. The molecule has 5 heteroatoms. The molecule has 1 aliphatic rings. The normalized spacial score (nSPS) is 23.6. The molecule has 0 spiro atoms. The Kier molecular flexibility index (Phi) is 2.68. The Labute approximate surface area is 65.0 Å². The molecule has 0 aromatic rings. The monoisotopic (exact) mass is 179 g/mol. The highest BCUT2D eigenvalue weighted by atomic mass is 31.2. The fourth-order valence-corrected chi connectivity index (χ4v) is 1.54. The standard InChI is InChI=1S/C6H11FNO2P/c7-11(8,9)10-6-4-2-1-3-5-6/h4H,1-3,5H2,(H2,8,9). The van der Waals surface area contributed by atoms with E-state index in [1.165, 1.54) is 0 Å². The molecule has 0 bridgehead atoms. The molecule has 2 N–H and O–H groups in total. The Morgan fingerprint density at radius 2 is 2.36 bits per heavy atom. The van der Waals surface area contributed by atoms with Crippen molar-refractivity contribution in [3.63, 3.8) is 0 Å².